The number of ether oxygens (including phenoxy) is 1. The Kier molecular flexibility index (Phi) is 3.52. The van der Waals surface area contributed by atoms with Crippen LogP contribution in [-0.4, -0.2) is 35.3 Å². The smallest absolute Gasteiger partial charge is 0.233 e. The second-order valence-electron chi connectivity index (χ2n) is 5.47. The standard InChI is InChI=1S/C15H18BrNO2/c1-10-8-17(7-6-13(10)16)15(18)12-9-19-14-5-3-2-4-11(12)14/h2-5,10,12-13H,6-9H2,1H3. The van der Waals surface area contributed by atoms with Crippen LogP contribution < -0.4 is 4.74 Å². The van der Waals surface area contributed by atoms with E-state index in [4.69, 9.17) is 4.74 Å². The van der Waals surface area contributed by atoms with Crippen LogP contribution in [-0.2, 0) is 4.79 Å². The predicted molar refractivity (Wildman–Crippen MR) is 77.8 cm³/mol. The van der Waals surface area contributed by atoms with E-state index in [0.29, 0.717) is 17.4 Å². The van der Waals surface area contributed by atoms with E-state index in [-0.39, 0.29) is 11.8 Å². The molecule has 0 aliphatic carbocycles. The summed E-state index contributed by atoms with van der Waals surface area (Å²) in [5.41, 5.74) is 1.04. The van der Waals surface area contributed by atoms with Crippen molar-refractivity contribution in [1.29, 1.82) is 0 Å². The number of halogens is 1. The molecule has 2 aliphatic heterocycles. The molecule has 0 aromatic heterocycles. The highest BCUT2D eigenvalue weighted by Gasteiger charge is 2.35. The lowest BCUT2D eigenvalue weighted by Gasteiger charge is -2.35. The van der Waals surface area contributed by atoms with Crippen LogP contribution in [0.1, 0.15) is 24.8 Å². The monoisotopic (exact) mass is 323 g/mol. The van der Waals surface area contributed by atoms with Crippen LogP contribution in [0.5, 0.6) is 5.75 Å². The quantitative estimate of drug-likeness (QED) is 0.744. The Morgan fingerprint density at radius 1 is 1.42 bits per heavy atom. The summed E-state index contributed by atoms with van der Waals surface area (Å²) < 4.78 is 5.61. The lowest BCUT2D eigenvalue weighted by atomic mass is 9.95. The van der Waals surface area contributed by atoms with E-state index in [1.54, 1.807) is 0 Å². The van der Waals surface area contributed by atoms with E-state index in [2.05, 4.69) is 22.9 Å². The summed E-state index contributed by atoms with van der Waals surface area (Å²) >= 11 is 3.68. The number of likely N-dealkylation sites (tertiary alicyclic amines) is 1. The number of benzene rings is 1. The molecule has 2 heterocycles. The maximum absolute atomic E-state index is 12.6. The number of nitrogens with zero attached hydrogens (tertiary/aromatic N) is 1. The fourth-order valence-corrected chi connectivity index (χ4v) is 3.28. The third kappa shape index (κ3) is 2.38. The third-order valence-electron chi connectivity index (χ3n) is 4.11. The number of hydrogen-bond acceptors (Lipinski definition) is 2. The second-order valence-corrected chi connectivity index (χ2v) is 6.64. The van der Waals surface area contributed by atoms with E-state index in [0.717, 1.165) is 30.8 Å². The SMILES string of the molecule is CC1CN(C(=O)C2COc3ccccc32)CCC1Br. The van der Waals surface area contributed by atoms with Gasteiger partial charge < -0.3 is 9.64 Å². The van der Waals surface area contributed by atoms with E-state index in [1.165, 1.54) is 0 Å². The van der Waals surface area contributed by atoms with Gasteiger partial charge in [-0.15, -0.1) is 0 Å². The Morgan fingerprint density at radius 2 is 2.21 bits per heavy atom. The lowest BCUT2D eigenvalue weighted by Crippen LogP contribution is -2.45. The van der Waals surface area contributed by atoms with Crippen molar-refractivity contribution >= 4 is 21.8 Å². The molecule has 3 unspecified atom stereocenters. The molecule has 1 aromatic carbocycles. The van der Waals surface area contributed by atoms with Gasteiger partial charge in [-0.2, -0.15) is 0 Å². The summed E-state index contributed by atoms with van der Waals surface area (Å²) in [4.78, 5) is 15.2. The second kappa shape index (κ2) is 5.16. The first-order valence-corrected chi connectivity index (χ1v) is 7.73. The minimum absolute atomic E-state index is 0.115. The molecule has 0 bridgehead atoms. The van der Waals surface area contributed by atoms with Crippen LogP contribution in [0.4, 0.5) is 0 Å². The zero-order valence-electron chi connectivity index (χ0n) is 11.0. The van der Waals surface area contributed by atoms with Gasteiger partial charge in [-0.1, -0.05) is 41.1 Å². The Balaban J connectivity index is 1.75. The molecule has 1 fully saturated rings. The van der Waals surface area contributed by atoms with Crippen molar-refractivity contribution in [3.8, 4) is 5.75 Å². The molecule has 102 valence electrons. The van der Waals surface area contributed by atoms with Gasteiger partial charge in [0.05, 0.1) is 0 Å². The van der Waals surface area contributed by atoms with Gasteiger partial charge in [0, 0.05) is 23.5 Å². The Morgan fingerprint density at radius 3 is 3.00 bits per heavy atom. The van der Waals surface area contributed by atoms with Crippen LogP contribution in [0.2, 0.25) is 0 Å². The topological polar surface area (TPSA) is 29.5 Å². The van der Waals surface area contributed by atoms with Gasteiger partial charge in [-0.25, -0.2) is 0 Å². The normalized spacial score (nSPS) is 29.8. The molecule has 1 saturated heterocycles. The van der Waals surface area contributed by atoms with Crippen molar-refractivity contribution in [1.82, 2.24) is 4.90 Å². The highest BCUT2D eigenvalue weighted by atomic mass is 79.9. The first kappa shape index (κ1) is 13.0. The first-order chi connectivity index (χ1) is 9.16. The molecule has 0 radical (unpaired) electrons. The number of fused-ring (bicyclic) bond motifs is 1. The molecule has 3 atom stereocenters. The van der Waals surface area contributed by atoms with E-state index in [9.17, 15) is 4.79 Å². The van der Waals surface area contributed by atoms with Gasteiger partial charge in [0.2, 0.25) is 5.91 Å². The Hall–Kier alpha value is -1.03. The minimum atomic E-state index is -0.115. The van der Waals surface area contributed by atoms with Crippen LogP contribution in [0, 0.1) is 5.92 Å². The zero-order chi connectivity index (χ0) is 13.4. The highest BCUT2D eigenvalue weighted by Crippen LogP contribution is 2.35. The van der Waals surface area contributed by atoms with Gasteiger partial charge in [-0.05, 0) is 18.4 Å². The fourth-order valence-electron chi connectivity index (χ4n) is 2.90. The van der Waals surface area contributed by atoms with Gasteiger partial charge in [0.25, 0.3) is 0 Å². The molecule has 4 heteroatoms. The van der Waals surface area contributed by atoms with Crippen LogP contribution in [0.25, 0.3) is 0 Å². The van der Waals surface area contributed by atoms with Gasteiger partial charge in [0.15, 0.2) is 0 Å². The zero-order valence-corrected chi connectivity index (χ0v) is 12.6. The Bertz CT molecular complexity index is 491. The summed E-state index contributed by atoms with van der Waals surface area (Å²) in [5.74, 6) is 1.48. The number of hydrogen-bond donors (Lipinski definition) is 0. The maximum Gasteiger partial charge on any atom is 0.233 e. The summed E-state index contributed by atoms with van der Waals surface area (Å²) in [6.07, 6.45) is 1.03. The van der Waals surface area contributed by atoms with Gasteiger partial charge in [0.1, 0.15) is 18.3 Å². The minimum Gasteiger partial charge on any atom is -0.492 e. The molecular formula is C15H18BrNO2. The number of para-hydroxylation sites is 1. The van der Waals surface area contributed by atoms with Crippen molar-refractivity contribution in [3.05, 3.63) is 29.8 Å². The van der Waals surface area contributed by atoms with Crippen LogP contribution >= 0.6 is 15.9 Å². The lowest BCUT2D eigenvalue weighted by molar-refractivity contribution is -0.134. The summed E-state index contributed by atoms with van der Waals surface area (Å²) in [7, 11) is 0. The number of rotatable bonds is 1. The molecule has 2 aliphatic rings. The molecule has 0 spiro atoms. The number of piperidine rings is 1. The van der Waals surface area contributed by atoms with Crippen molar-refractivity contribution in [2.75, 3.05) is 19.7 Å². The largest absolute Gasteiger partial charge is 0.492 e. The van der Waals surface area contributed by atoms with E-state index < -0.39 is 0 Å². The average Bonchev–Trinajstić information content (AvgIpc) is 2.85. The third-order valence-corrected chi connectivity index (χ3v) is 5.47. The molecule has 1 amide bonds. The first-order valence-electron chi connectivity index (χ1n) is 6.81. The molecule has 1 aromatic rings. The van der Waals surface area contributed by atoms with Crippen molar-refractivity contribution in [2.45, 2.75) is 24.1 Å². The molecule has 3 rings (SSSR count). The van der Waals surface area contributed by atoms with E-state index in [1.807, 2.05) is 29.2 Å². The molecular weight excluding hydrogens is 306 g/mol. The Labute approximate surface area is 122 Å². The van der Waals surface area contributed by atoms with Crippen molar-refractivity contribution in [3.63, 3.8) is 0 Å². The molecule has 19 heavy (non-hydrogen) atoms. The number of carbonyl (C=O) groups is 1. The molecule has 0 saturated carbocycles. The van der Waals surface area contributed by atoms with Crippen molar-refractivity contribution in [2.24, 2.45) is 5.92 Å². The molecule has 3 nitrogen and oxygen atoms in total. The number of carbonyl (C=O) groups excluding carboxylic acids is 1. The van der Waals surface area contributed by atoms with Crippen LogP contribution in [0.3, 0.4) is 0 Å². The fraction of sp³-hybridized carbons (Fsp3) is 0.533. The summed E-state index contributed by atoms with van der Waals surface area (Å²) in [6.45, 7) is 4.37. The summed E-state index contributed by atoms with van der Waals surface area (Å²) in [5, 5.41) is 0. The average molecular weight is 324 g/mol. The van der Waals surface area contributed by atoms with Crippen LogP contribution in [0.15, 0.2) is 24.3 Å². The highest BCUT2D eigenvalue weighted by molar-refractivity contribution is 9.09. The number of amides is 1. The molecule has 0 N–H and O–H groups in total. The van der Waals surface area contributed by atoms with Crippen molar-refractivity contribution < 1.29 is 9.53 Å². The van der Waals surface area contributed by atoms with Gasteiger partial charge >= 0.3 is 0 Å². The number of alkyl halides is 1. The predicted octanol–water partition coefficient (Wildman–Crippen LogP) is 2.79. The maximum atomic E-state index is 12.6. The van der Waals surface area contributed by atoms with E-state index >= 15 is 0 Å². The summed E-state index contributed by atoms with van der Waals surface area (Å²) in [6, 6.07) is 7.87. The van der Waals surface area contributed by atoms with Gasteiger partial charge in [-0.3, -0.25) is 4.79 Å².